The van der Waals surface area contributed by atoms with Gasteiger partial charge >= 0.3 is 6.03 Å². The first kappa shape index (κ1) is 16.6. The molecule has 1 heterocycles. The molecule has 0 spiro atoms. The van der Waals surface area contributed by atoms with Crippen LogP contribution >= 0.6 is 0 Å². The monoisotopic (exact) mass is 305 g/mol. The summed E-state index contributed by atoms with van der Waals surface area (Å²) in [6.45, 7) is 6.62. The van der Waals surface area contributed by atoms with Crippen LogP contribution in [0, 0.1) is 5.92 Å². The van der Waals surface area contributed by atoms with E-state index in [1.807, 2.05) is 18.2 Å². The van der Waals surface area contributed by atoms with Gasteiger partial charge in [-0.15, -0.1) is 0 Å². The maximum atomic E-state index is 11.8. The molecule has 0 saturated carbocycles. The van der Waals surface area contributed by atoms with Gasteiger partial charge in [-0.3, -0.25) is 0 Å². The topological polar surface area (TPSA) is 64.6 Å². The Bertz CT molecular complexity index is 483. The molecule has 1 aliphatic heterocycles. The molecule has 1 fully saturated rings. The third-order valence-electron chi connectivity index (χ3n) is 4.10. The predicted octanol–water partition coefficient (Wildman–Crippen LogP) is 2.82. The number of carbonyl (C=O) groups excluding carboxylic acids is 1. The van der Waals surface area contributed by atoms with Crippen LogP contribution in [0.4, 0.5) is 16.2 Å². The molecule has 1 saturated heterocycles. The van der Waals surface area contributed by atoms with Gasteiger partial charge in [0.15, 0.2) is 0 Å². The van der Waals surface area contributed by atoms with Gasteiger partial charge < -0.3 is 20.6 Å². The summed E-state index contributed by atoms with van der Waals surface area (Å²) in [4.78, 5) is 14.2. The van der Waals surface area contributed by atoms with Crippen molar-refractivity contribution in [2.75, 3.05) is 29.9 Å². The number of piperidine rings is 1. The summed E-state index contributed by atoms with van der Waals surface area (Å²) in [5.41, 5.74) is 1.96. The molecule has 122 valence electrons. The highest BCUT2D eigenvalue weighted by atomic mass is 16.3. The molecule has 1 atom stereocenters. The van der Waals surface area contributed by atoms with Crippen LogP contribution in [0.2, 0.25) is 0 Å². The van der Waals surface area contributed by atoms with Gasteiger partial charge in [-0.25, -0.2) is 4.79 Å². The van der Waals surface area contributed by atoms with Gasteiger partial charge in [-0.1, -0.05) is 13.0 Å². The molecule has 2 rings (SSSR count). The van der Waals surface area contributed by atoms with E-state index in [1.54, 1.807) is 6.92 Å². The summed E-state index contributed by atoms with van der Waals surface area (Å²) in [6.07, 6.45) is 2.60. The third kappa shape index (κ3) is 5.22. The van der Waals surface area contributed by atoms with Crippen molar-refractivity contribution >= 4 is 17.4 Å². The zero-order valence-corrected chi connectivity index (χ0v) is 13.5. The first-order valence-electron chi connectivity index (χ1n) is 8.12. The molecule has 0 aliphatic carbocycles. The fraction of sp³-hybridized carbons (Fsp3) is 0.588. The molecule has 0 radical (unpaired) electrons. The maximum absolute atomic E-state index is 11.8. The van der Waals surface area contributed by atoms with Crippen molar-refractivity contribution < 1.29 is 9.90 Å². The number of hydrogen-bond acceptors (Lipinski definition) is 3. The van der Waals surface area contributed by atoms with Crippen molar-refractivity contribution in [3.05, 3.63) is 24.3 Å². The lowest BCUT2D eigenvalue weighted by Crippen LogP contribution is -2.33. The van der Waals surface area contributed by atoms with E-state index in [1.165, 1.54) is 12.8 Å². The Morgan fingerprint density at radius 1 is 1.41 bits per heavy atom. The Morgan fingerprint density at radius 2 is 2.14 bits per heavy atom. The fourth-order valence-corrected chi connectivity index (χ4v) is 2.62. The number of benzene rings is 1. The predicted molar refractivity (Wildman–Crippen MR) is 90.4 cm³/mol. The second kappa shape index (κ2) is 8.03. The van der Waals surface area contributed by atoms with Crippen molar-refractivity contribution in [2.24, 2.45) is 5.92 Å². The van der Waals surface area contributed by atoms with Gasteiger partial charge in [-0.05, 0) is 50.3 Å². The first-order chi connectivity index (χ1) is 10.5. The van der Waals surface area contributed by atoms with E-state index >= 15 is 0 Å². The summed E-state index contributed by atoms with van der Waals surface area (Å²) in [5, 5.41) is 14.8. The average molecular weight is 305 g/mol. The van der Waals surface area contributed by atoms with Crippen LogP contribution in [0.5, 0.6) is 0 Å². The quantitative estimate of drug-likeness (QED) is 0.784. The highest BCUT2D eigenvalue weighted by Gasteiger charge is 2.16. The standard InChI is InChI=1S/C17H27N3O2/c1-13-7-10-20(11-8-13)16-5-3-4-15(12-16)19-17(22)18-9-6-14(2)21/h3-5,12-14,21H,6-11H2,1-2H3,(H2,18,19,22). The van der Waals surface area contributed by atoms with Crippen molar-refractivity contribution in [1.82, 2.24) is 5.32 Å². The Kier molecular flexibility index (Phi) is 6.07. The second-order valence-electron chi connectivity index (χ2n) is 6.24. The molecule has 0 aromatic heterocycles. The Hall–Kier alpha value is -1.75. The zero-order chi connectivity index (χ0) is 15.9. The van der Waals surface area contributed by atoms with E-state index < -0.39 is 6.10 Å². The van der Waals surface area contributed by atoms with E-state index in [-0.39, 0.29) is 6.03 Å². The van der Waals surface area contributed by atoms with Crippen LogP contribution in [0.25, 0.3) is 0 Å². The molecule has 1 aromatic rings. The highest BCUT2D eigenvalue weighted by molar-refractivity contribution is 5.89. The van der Waals surface area contributed by atoms with Crippen LogP contribution in [-0.2, 0) is 0 Å². The van der Waals surface area contributed by atoms with Crippen LogP contribution in [0.3, 0.4) is 0 Å². The summed E-state index contributed by atoms with van der Waals surface area (Å²) in [5.74, 6) is 0.803. The summed E-state index contributed by atoms with van der Waals surface area (Å²) >= 11 is 0. The number of urea groups is 1. The normalized spacial score (nSPS) is 17.1. The van der Waals surface area contributed by atoms with Crippen molar-refractivity contribution in [2.45, 2.75) is 39.2 Å². The van der Waals surface area contributed by atoms with Gasteiger partial charge in [-0.2, -0.15) is 0 Å². The van der Waals surface area contributed by atoms with Gasteiger partial charge in [0.25, 0.3) is 0 Å². The minimum Gasteiger partial charge on any atom is -0.393 e. The molecule has 1 aromatic carbocycles. The van der Waals surface area contributed by atoms with E-state index in [9.17, 15) is 9.90 Å². The minimum absolute atomic E-state index is 0.231. The molecule has 5 heteroatoms. The van der Waals surface area contributed by atoms with Crippen LogP contribution in [0.15, 0.2) is 24.3 Å². The Morgan fingerprint density at radius 3 is 2.82 bits per heavy atom. The van der Waals surface area contributed by atoms with Gasteiger partial charge in [0.2, 0.25) is 0 Å². The lowest BCUT2D eigenvalue weighted by atomic mass is 9.99. The van der Waals surface area contributed by atoms with E-state index in [4.69, 9.17) is 0 Å². The largest absolute Gasteiger partial charge is 0.393 e. The van der Waals surface area contributed by atoms with Crippen LogP contribution < -0.4 is 15.5 Å². The van der Waals surface area contributed by atoms with Crippen LogP contribution in [-0.4, -0.2) is 36.9 Å². The number of aliphatic hydroxyl groups is 1. The van der Waals surface area contributed by atoms with E-state index in [0.29, 0.717) is 13.0 Å². The maximum Gasteiger partial charge on any atom is 0.319 e. The smallest absolute Gasteiger partial charge is 0.319 e. The lowest BCUT2D eigenvalue weighted by molar-refractivity contribution is 0.184. The number of aliphatic hydroxyl groups excluding tert-OH is 1. The van der Waals surface area contributed by atoms with Crippen molar-refractivity contribution in [1.29, 1.82) is 0 Å². The van der Waals surface area contributed by atoms with Gasteiger partial charge in [0.05, 0.1) is 6.10 Å². The molecule has 22 heavy (non-hydrogen) atoms. The average Bonchev–Trinajstić information content (AvgIpc) is 2.48. The van der Waals surface area contributed by atoms with E-state index in [0.717, 1.165) is 30.4 Å². The van der Waals surface area contributed by atoms with Crippen molar-refractivity contribution in [3.8, 4) is 0 Å². The summed E-state index contributed by atoms with van der Waals surface area (Å²) < 4.78 is 0. The third-order valence-corrected chi connectivity index (χ3v) is 4.10. The number of anilines is 2. The lowest BCUT2D eigenvalue weighted by Gasteiger charge is -2.32. The fourth-order valence-electron chi connectivity index (χ4n) is 2.62. The molecule has 2 amide bonds. The number of carbonyl (C=O) groups is 1. The number of hydrogen-bond donors (Lipinski definition) is 3. The summed E-state index contributed by atoms with van der Waals surface area (Å²) in [6, 6.07) is 7.74. The van der Waals surface area contributed by atoms with Gasteiger partial charge in [0, 0.05) is 31.0 Å². The van der Waals surface area contributed by atoms with Gasteiger partial charge in [0.1, 0.15) is 0 Å². The van der Waals surface area contributed by atoms with Crippen LogP contribution in [0.1, 0.15) is 33.1 Å². The zero-order valence-electron chi connectivity index (χ0n) is 13.5. The Labute approximate surface area is 132 Å². The molecule has 1 aliphatic rings. The SMILES string of the molecule is CC(O)CCNC(=O)Nc1cccc(N2CCC(C)CC2)c1. The highest BCUT2D eigenvalue weighted by Crippen LogP contribution is 2.25. The molecule has 5 nitrogen and oxygen atoms in total. The molecule has 0 bridgehead atoms. The molecular formula is C17H27N3O2. The molecule has 1 unspecified atom stereocenters. The minimum atomic E-state index is -0.398. The number of rotatable bonds is 5. The number of nitrogens with zero attached hydrogens (tertiary/aromatic N) is 1. The molecule has 3 N–H and O–H groups in total. The summed E-state index contributed by atoms with van der Waals surface area (Å²) in [7, 11) is 0. The van der Waals surface area contributed by atoms with E-state index in [2.05, 4.69) is 28.5 Å². The molecular weight excluding hydrogens is 278 g/mol. The Balaban J connectivity index is 1.87. The first-order valence-corrected chi connectivity index (χ1v) is 8.12. The number of nitrogens with one attached hydrogen (secondary N) is 2. The number of amides is 2. The van der Waals surface area contributed by atoms with Crippen molar-refractivity contribution in [3.63, 3.8) is 0 Å². The second-order valence-corrected chi connectivity index (χ2v) is 6.24.